The Morgan fingerprint density at radius 1 is 1.04 bits per heavy atom. The number of benzene rings is 1. The van der Waals surface area contributed by atoms with E-state index in [2.05, 4.69) is 39.9 Å². The summed E-state index contributed by atoms with van der Waals surface area (Å²) in [6.45, 7) is 4.37. The van der Waals surface area contributed by atoms with E-state index in [1.54, 1.807) is 7.11 Å². The van der Waals surface area contributed by atoms with Gasteiger partial charge in [-0.05, 0) is 49.5 Å². The van der Waals surface area contributed by atoms with Crippen molar-refractivity contribution in [1.29, 1.82) is 0 Å². The number of unbranched alkanes of at least 4 members (excludes halogenated alkanes) is 1. The predicted octanol–water partition coefficient (Wildman–Crippen LogP) is 3.79. The quantitative estimate of drug-likeness (QED) is 0.306. The Morgan fingerprint density at radius 2 is 1.82 bits per heavy atom. The largest absolute Gasteiger partial charge is 0.385 e. The van der Waals surface area contributed by atoms with Crippen molar-refractivity contribution in [3.05, 3.63) is 35.9 Å². The SMILES string of the molecule is CN=C(NCCCCOCCc1ccccc1)NCC1(CCOC)CCCC1. The van der Waals surface area contributed by atoms with Crippen LogP contribution in [0.3, 0.4) is 0 Å². The number of hydrogen-bond acceptors (Lipinski definition) is 3. The summed E-state index contributed by atoms with van der Waals surface area (Å²) in [4.78, 5) is 4.37. The average molecular weight is 390 g/mol. The fraction of sp³-hybridized carbons (Fsp3) is 0.696. The third kappa shape index (κ3) is 8.61. The first kappa shape index (κ1) is 22.7. The van der Waals surface area contributed by atoms with Crippen molar-refractivity contribution in [1.82, 2.24) is 10.6 Å². The zero-order chi connectivity index (χ0) is 19.9. The van der Waals surface area contributed by atoms with Crippen LogP contribution in [0, 0.1) is 5.41 Å². The first-order valence-corrected chi connectivity index (χ1v) is 10.8. The molecule has 5 nitrogen and oxygen atoms in total. The highest BCUT2D eigenvalue weighted by Crippen LogP contribution is 2.40. The van der Waals surface area contributed by atoms with Crippen LogP contribution in [0.5, 0.6) is 0 Å². The Kier molecular flexibility index (Phi) is 11.0. The molecule has 0 amide bonds. The molecule has 28 heavy (non-hydrogen) atoms. The van der Waals surface area contributed by atoms with Crippen LogP contribution in [-0.2, 0) is 15.9 Å². The van der Waals surface area contributed by atoms with Crippen LogP contribution in [0.15, 0.2) is 35.3 Å². The van der Waals surface area contributed by atoms with Gasteiger partial charge in [0.25, 0.3) is 0 Å². The standard InChI is InChI=1S/C23H39N3O2/c1-24-22(26-20-23(15-19-27-2)13-6-7-14-23)25-16-8-9-17-28-18-12-21-10-4-3-5-11-21/h3-5,10-11H,6-9,12-20H2,1-2H3,(H2,24,25,26). The summed E-state index contributed by atoms with van der Waals surface area (Å²) in [5.74, 6) is 0.911. The highest BCUT2D eigenvalue weighted by Gasteiger charge is 2.33. The van der Waals surface area contributed by atoms with E-state index in [4.69, 9.17) is 9.47 Å². The lowest BCUT2D eigenvalue weighted by molar-refractivity contribution is 0.133. The van der Waals surface area contributed by atoms with Gasteiger partial charge in [0.2, 0.25) is 0 Å². The summed E-state index contributed by atoms with van der Waals surface area (Å²) in [6.07, 6.45) is 9.52. The Labute approximate surface area is 171 Å². The van der Waals surface area contributed by atoms with Gasteiger partial charge in [-0.2, -0.15) is 0 Å². The lowest BCUT2D eigenvalue weighted by atomic mass is 9.83. The summed E-state index contributed by atoms with van der Waals surface area (Å²) in [7, 11) is 3.64. The number of hydrogen-bond donors (Lipinski definition) is 2. The van der Waals surface area contributed by atoms with Crippen molar-refractivity contribution < 1.29 is 9.47 Å². The summed E-state index contributed by atoms with van der Waals surface area (Å²) >= 11 is 0. The molecule has 0 bridgehead atoms. The first-order valence-electron chi connectivity index (χ1n) is 10.8. The Balaban J connectivity index is 1.52. The molecular weight excluding hydrogens is 350 g/mol. The first-order chi connectivity index (χ1) is 13.8. The number of rotatable bonds is 13. The second kappa shape index (κ2) is 13.6. The van der Waals surface area contributed by atoms with Crippen molar-refractivity contribution >= 4 is 5.96 Å². The van der Waals surface area contributed by atoms with Crippen LogP contribution < -0.4 is 10.6 Å². The molecule has 1 fully saturated rings. The van der Waals surface area contributed by atoms with Crippen LogP contribution in [0.25, 0.3) is 0 Å². The molecule has 0 spiro atoms. The van der Waals surface area contributed by atoms with E-state index in [0.29, 0.717) is 5.41 Å². The Morgan fingerprint density at radius 3 is 2.54 bits per heavy atom. The molecule has 0 unspecified atom stereocenters. The molecule has 5 heteroatoms. The van der Waals surface area contributed by atoms with Crippen LogP contribution >= 0.6 is 0 Å². The van der Waals surface area contributed by atoms with Crippen LogP contribution in [0.2, 0.25) is 0 Å². The van der Waals surface area contributed by atoms with Crippen LogP contribution in [0.1, 0.15) is 50.5 Å². The van der Waals surface area contributed by atoms with Gasteiger partial charge in [-0.3, -0.25) is 4.99 Å². The lowest BCUT2D eigenvalue weighted by Crippen LogP contribution is -2.43. The van der Waals surface area contributed by atoms with Gasteiger partial charge in [0.15, 0.2) is 5.96 Å². The van der Waals surface area contributed by atoms with Gasteiger partial charge in [0.05, 0.1) is 6.61 Å². The Bertz CT molecular complexity index is 542. The zero-order valence-electron chi connectivity index (χ0n) is 17.8. The third-order valence-corrected chi connectivity index (χ3v) is 5.74. The maximum absolute atomic E-state index is 5.75. The van der Waals surface area contributed by atoms with Crippen molar-refractivity contribution in [2.45, 2.75) is 51.4 Å². The molecule has 1 aliphatic carbocycles. The molecule has 0 radical (unpaired) electrons. The fourth-order valence-corrected chi connectivity index (χ4v) is 3.92. The highest BCUT2D eigenvalue weighted by molar-refractivity contribution is 5.79. The molecule has 0 aromatic heterocycles. The second-order valence-electron chi connectivity index (χ2n) is 7.86. The van der Waals surface area contributed by atoms with E-state index >= 15 is 0 Å². The minimum atomic E-state index is 0.375. The number of ether oxygens (including phenoxy) is 2. The van der Waals surface area contributed by atoms with Crippen LogP contribution in [-0.4, -0.2) is 53.0 Å². The molecule has 2 rings (SSSR count). The summed E-state index contributed by atoms with van der Waals surface area (Å²) in [6, 6.07) is 10.5. The second-order valence-corrected chi connectivity index (χ2v) is 7.86. The zero-order valence-corrected chi connectivity index (χ0v) is 17.8. The van der Waals surface area contributed by atoms with E-state index in [1.165, 1.54) is 31.2 Å². The number of aliphatic imine (C=N–C) groups is 1. The maximum Gasteiger partial charge on any atom is 0.190 e. The maximum atomic E-state index is 5.75. The topological polar surface area (TPSA) is 54.9 Å². The molecular formula is C23H39N3O2. The van der Waals surface area contributed by atoms with Gasteiger partial charge < -0.3 is 20.1 Å². The summed E-state index contributed by atoms with van der Waals surface area (Å²) < 4.78 is 11.1. The van der Waals surface area contributed by atoms with E-state index in [-0.39, 0.29) is 0 Å². The van der Waals surface area contributed by atoms with Gasteiger partial charge in [-0.15, -0.1) is 0 Å². The smallest absolute Gasteiger partial charge is 0.190 e. The average Bonchev–Trinajstić information content (AvgIpc) is 3.20. The molecule has 0 atom stereocenters. The van der Waals surface area contributed by atoms with Gasteiger partial charge in [0, 0.05) is 40.5 Å². The van der Waals surface area contributed by atoms with E-state index in [1.807, 2.05) is 13.1 Å². The highest BCUT2D eigenvalue weighted by atomic mass is 16.5. The van der Waals surface area contributed by atoms with Gasteiger partial charge in [-0.1, -0.05) is 43.2 Å². The Hall–Kier alpha value is -1.59. The minimum Gasteiger partial charge on any atom is -0.385 e. The molecule has 1 aromatic rings. The van der Waals surface area contributed by atoms with Crippen molar-refractivity contribution in [3.63, 3.8) is 0 Å². The van der Waals surface area contributed by atoms with Gasteiger partial charge >= 0.3 is 0 Å². The molecule has 1 saturated carbocycles. The molecule has 158 valence electrons. The molecule has 0 saturated heterocycles. The summed E-state index contributed by atoms with van der Waals surface area (Å²) in [5.41, 5.74) is 1.71. The molecule has 0 aliphatic heterocycles. The normalized spacial score (nSPS) is 16.3. The van der Waals surface area contributed by atoms with Crippen molar-refractivity contribution in [2.75, 3.05) is 47.1 Å². The summed E-state index contributed by atoms with van der Waals surface area (Å²) in [5, 5.41) is 6.98. The molecule has 1 aromatic carbocycles. The lowest BCUT2D eigenvalue weighted by Gasteiger charge is -2.30. The van der Waals surface area contributed by atoms with E-state index < -0.39 is 0 Å². The van der Waals surface area contributed by atoms with Gasteiger partial charge in [0.1, 0.15) is 0 Å². The van der Waals surface area contributed by atoms with Crippen LogP contribution in [0.4, 0.5) is 0 Å². The third-order valence-electron chi connectivity index (χ3n) is 5.74. The fourth-order valence-electron chi connectivity index (χ4n) is 3.92. The van der Waals surface area contributed by atoms with Gasteiger partial charge in [-0.25, -0.2) is 0 Å². The molecule has 2 N–H and O–H groups in total. The number of methoxy groups -OCH3 is 1. The van der Waals surface area contributed by atoms with Crippen molar-refractivity contribution in [2.24, 2.45) is 10.4 Å². The number of nitrogens with zero attached hydrogens (tertiary/aromatic N) is 1. The number of guanidine groups is 1. The van der Waals surface area contributed by atoms with E-state index in [9.17, 15) is 0 Å². The monoisotopic (exact) mass is 389 g/mol. The number of nitrogens with one attached hydrogen (secondary N) is 2. The molecule has 0 heterocycles. The minimum absolute atomic E-state index is 0.375. The van der Waals surface area contributed by atoms with Crippen molar-refractivity contribution in [3.8, 4) is 0 Å². The van der Waals surface area contributed by atoms with E-state index in [0.717, 1.165) is 64.6 Å². The predicted molar refractivity (Wildman–Crippen MR) is 117 cm³/mol. The molecule has 1 aliphatic rings.